The van der Waals surface area contributed by atoms with E-state index < -0.39 is 6.10 Å². The van der Waals surface area contributed by atoms with E-state index in [9.17, 15) is 9.90 Å². The molecule has 1 N–H and O–H groups in total. The topological polar surface area (TPSA) is 57.8 Å². The van der Waals surface area contributed by atoms with E-state index in [2.05, 4.69) is 10.00 Å². The van der Waals surface area contributed by atoms with Crippen molar-refractivity contribution in [1.29, 1.82) is 0 Å². The largest absolute Gasteiger partial charge is 0.384 e. The van der Waals surface area contributed by atoms with Crippen molar-refractivity contribution in [1.82, 2.24) is 14.5 Å². The maximum Gasteiger partial charge on any atom is 0.185 e. The molecule has 1 aromatic carbocycles. The molecule has 0 unspecified atom stereocenters. The molecule has 5 heteroatoms. The Morgan fingerprint density at radius 3 is 2.61 bits per heavy atom. The quantitative estimate of drug-likeness (QED) is 0.671. The summed E-state index contributed by atoms with van der Waals surface area (Å²) in [6, 6.07) is 15.8. The third-order valence-corrected chi connectivity index (χ3v) is 5.25. The normalized spacial score (nSPS) is 16.6. The predicted octanol–water partition coefficient (Wildman–Crippen LogP) is 3.43. The second kappa shape index (κ2) is 8.50. The number of pyridine rings is 1. The lowest BCUT2D eigenvalue weighted by Crippen LogP contribution is -2.39. The highest BCUT2D eigenvalue weighted by atomic mass is 16.3. The van der Waals surface area contributed by atoms with Gasteiger partial charge in [0.2, 0.25) is 0 Å². The van der Waals surface area contributed by atoms with E-state index >= 15 is 0 Å². The number of benzene rings is 1. The average molecular weight is 375 g/mol. The lowest BCUT2D eigenvalue weighted by atomic mass is 10.0. The Morgan fingerprint density at radius 2 is 1.82 bits per heavy atom. The van der Waals surface area contributed by atoms with Crippen LogP contribution in [0.5, 0.6) is 0 Å². The van der Waals surface area contributed by atoms with Gasteiger partial charge in [0.1, 0.15) is 11.8 Å². The molecule has 3 heterocycles. The molecule has 0 radical (unpaired) electrons. The Kier molecular flexibility index (Phi) is 5.65. The number of nitrogens with zero attached hydrogens (tertiary/aromatic N) is 3. The van der Waals surface area contributed by atoms with E-state index in [4.69, 9.17) is 0 Å². The van der Waals surface area contributed by atoms with Crippen LogP contribution in [0.2, 0.25) is 0 Å². The number of carbonyl (C=O) groups is 1. The van der Waals surface area contributed by atoms with Crippen molar-refractivity contribution in [2.75, 3.05) is 19.6 Å². The van der Waals surface area contributed by atoms with E-state index in [0.29, 0.717) is 6.54 Å². The maximum atomic E-state index is 12.5. The zero-order valence-corrected chi connectivity index (χ0v) is 15.9. The highest BCUT2D eigenvalue weighted by Gasteiger charge is 2.19. The van der Waals surface area contributed by atoms with Gasteiger partial charge in [-0.2, -0.15) is 5.10 Å². The number of aliphatic hydroxyl groups is 1. The van der Waals surface area contributed by atoms with Gasteiger partial charge in [-0.25, -0.2) is 4.52 Å². The first kappa shape index (κ1) is 18.6. The summed E-state index contributed by atoms with van der Waals surface area (Å²) in [5, 5.41) is 15.0. The summed E-state index contributed by atoms with van der Waals surface area (Å²) in [6.45, 7) is 2.32. The van der Waals surface area contributed by atoms with Crippen molar-refractivity contribution in [3.05, 3.63) is 66.4 Å². The zero-order chi connectivity index (χ0) is 19.3. The van der Waals surface area contributed by atoms with Crippen LogP contribution in [0, 0.1) is 0 Å². The van der Waals surface area contributed by atoms with Gasteiger partial charge in [0.15, 0.2) is 5.78 Å². The molecule has 0 amide bonds. The zero-order valence-electron chi connectivity index (χ0n) is 15.9. The van der Waals surface area contributed by atoms with Gasteiger partial charge in [0.25, 0.3) is 0 Å². The fraction of sp³-hybridized carbons (Fsp3) is 0.304. The van der Waals surface area contributed by atoms with Crippen molar-refractivity contribution < 1.29 is 9.90 Å². The monoisotopic (exact) mass is 375 g/mol. The van der Waals surface area contributed by atoms with Crippen LogP contribution in [0.1, 0.15) is 24.8 Å². The Labute approximate surface area is 164 Å². The number of carbonyl (C=O) groups excluding carboxylic acids is 1. The Hall–Kier alpha value is -2.76. The van der Waals surface area contributed by atoms with Crippen LogP contribution in [-0.2, 0) is 4.79 Å². The van der Waals surface area contributed by atoms with Crippen molar-refractivity contribution in [3.63, 3.8) is 0 Å². The highest BCUT2D eigenvalue weighted by Crippen LogP contribution is 2.27. The highest BCUT2D eigenvalue weighted by molar-refractivity contribution is 5.99. The molecular weight excluding hydrogens is 350 g/mol. The Balaban J connectivity index is 1.58. The van der Waals surface area contributed by atoms with Gasteiger partial charge in [-0.3, -0.25) is 4.79 Å². The molecule has 4 rings (SSSR count). The fourth-order valence-electron chi connectivity index (χ4n) is 3.74. The summed E-state index contributed by atoms with van der Waals surface area (Å²) >= 11 is 0. The summed E-state index contributed by atoms with van der Waals surface area (Å²) in [5.41, 5.74) is 3.62. The summed E-state index contributed by atoms with van der Waals surface area (Å²) in [5.74, 6) is -0.264. The SMILES string of the molecule is O=C(/C=C/c1c(-c2ccccc2)nn2ccccc12)[C@H](O)CN1CCCCC1. The minimum absolute atomic E-state index is 0.264. The average Bonchev–Trinajstić information content (AvgIpc) is 3.12. The number of piperidine rings is 1. The number of likely N-dealkylation sites (tertiary alicyclic amines) is 1. The minimum Gasteiger partial charge on any atom is -0.384 e. The second-order valence-corrected chi connectivity index (χ2v) is 7.27. The van der Waals surface area contributed by atoms with E-state index in [-0.39, 0.29) is 5.78 Å². The van der Waals surface area contributed by atoms with Gasteiger partial charge >= 0.3 is 0 Å². The second-order valence-electron chi connectivity index (χ2n) is 7.27. The first-order chi connectivity index (χ1) is 13.7. The molecule has 1 aliphatic rings. The van der Waals surface area contributed by atoms with Crippen molar-refractivity contribution >= 4 is 17.4 Å². The van der Waals surface area contributed by atoms with Gasteiger partial charge in [-0.1, -0.05) is 42.8 Å². The van der Waals surface area contributed by atoms with Crippen LogP contribution in [0.4, 0.5) is 0 Å². The number of hydrogen-bond donors (Lipinski definition) is 1. The predicted molar refractivity (Wildman–Crippen MR) is 111 cm³/mol. The molecule has 144 valence electrons. The standard InChI is InChI=1S/C23H25N3O2/c27-21(22(28)17-25-14-6-2-7-15-25)13-12-19-20-11-5-8-16-26(20)24-23(19)18-9-3-1-4-10-18/h1,3-5,8-13,16,22,28H,2,6-7,14-15,17H2/b13-12+/t22-/m1/s1. The van der Waals surface area contributed by atoms with Crippen molar-refractivity contribution in [2.24, 2.45) is 0 Å². The van der Waals surface area contributed by atoms with Crippen LogP contribution in [0.25, 0.3) is 22.9 Å². The van der Waals surface area contributed by atoms with Crippen LogP contribution in [0.3, 0.4) is 0 Å². The van der Waals surface area contributed by atoms with E-state index in [1.807, 2.05) is 59.2 Å². The molecular formula is C23H25N3O2. The van der Waals surface area contributed by atoms with Gasteiger partial charge in [0, 0.05) is 23.9 Å². The Bertz CT molecular complexity index is 972. The van der Waals surface area contributed by atoms with Crippen LogP contribution >= 0.6 is 0 Å². The van der Waals surface area contributed by atoms with E-state index in [1.165, 1.54) is 12.5 Å². The van der Waals surface area contributed by atoms with Crippen LogP contribution in [0.15, 0.2) is 60.8 Å². The molecule has 2 aromatic heterocycles. The number of fused-ring (bicyclic) bond motifs is 1. The molecule has 0 saturated carbocycles. The fourth-order valence-corrected chi connectivity index (χ4v) is 3.74. The lowest BCUT2D eigenvalue weighted by molar-refractivity contribution is -0.123. The molecule has 28 heavy (non-hydrogen) atoms. The minimum atomic E-state index is -0.989. The molecule has 1 fully saturated rings. The van der Waals surface area contributed by atoms with Gasteiger partial charge in [-0.15, -0.1) is 0 Å². The van der Waals surface area contributed by atoms with E-state index in [0.717, 1.165) is 48.3 Å². The van der Waals surface area contributed by atoms with Crippen molar-refractivity contribution in [2.45, 2.75) is 25.4 Å². The molecule has 5 nitrogen and oxygen atoms in total. The smallest absolute Gasteiger partial charge is 0.185 e. The first-order valence-electron chi connectivity index (χ1n) is 9.87. The summed E-state index contributed by atoms with van der Waals surface area (Å²) in [6.07, 6.45) is 7.69. The summed E-state index contributed by atoms with van der Waals surface area (Å²) < 4.78 is 1.82. The van der Waals surface area contributed by atoms with Crippen molar-refractivity contribution in [3.8, 4) is 11.3 Å². The molecule has 0 aliphatic carbocycles. The molecule has 3 aromatic rings. The number of β-amino-alcohol motifs (C(OH)–C–C–N with tert-alkyl or cyclic N) is 1. The number of aromatic nitrogens is 2. The molecule has 1 aliphatic heterocycles. The van der Waals surface area contributed by atoms with Crippen LogP contribution in [-0.4, -0.2) is 51.1 Å². The van der Waals surface area contributed by atoms with Gasteiger partial charge < -0.3 is 10.0 Å². The summed E-state index contributed by atoms with van der Waals surface area (Å²) in [4.78, 5) is 14.7. The van der Waals surface area contributed by atoms with E-state index in [1.54, 1.807) is 6.08 Å². The number of ketones is 1. The molecule has 0 spiro atoms. The number of hydrogen-bond acceptors (Lipinski definition) is 4. The molecule has 0 bridgehead atoms. The maximum absolute atomic E-state index is 12.5. The van der Waals surface area contributed by atoms with Crippen LogP contribution < -0.4 is 0 Å². The Morgan fingerprint density at radius 1 is 1.07 bits per heavy atom. The third kappa shape index (κ3) is 4.06. The molecule has 1 atom stereocenters. The number of rotatable bonds is 6. The molecule has 1 saturated heterocycles. The first-order valence-corrected chi connectivity index (χ1v) is 9.87. The lowest BCUT2D eigenvalue weighted by Gasteiger charge is -2.27. The third-order valence-electron chi connectivity index (χ3n) is 5.25. The van der Waals surface area contributed by atoms with Gasteiger partial charge in [-0.05, 0) is 50.2 Å². The number of aliphatic hydroxyl groups excluding tert-OH is 1. The summed E-state index contributed by atoms with van der Waals surface area (Å²) in [7, 11) is 0. The van der Waals surface area contributed by atoms with Gasteiger partial charge in [0.05, 0.1) is 5.52 Å².